The fraction of sp³-hybridized carbons (Fsp3) is 0.533. The Kier molecular flexibility index (Phi) is 4.39. The number of nitrogens with zero attached hydrogens (tertiary/aromatic N) is 2. The molecular weight excluding hydrogens is 318 g/mol. The van der Waals surface area contributed by atoms with Crippen LogP contribution in [0.3, 0.4) is 0 Å². The highest BCUT2D eigenvalue weighted by molar-refractivity contribution is 9.10. The first kappa shape index (κ1) is 15.3. The predicted molar refractivity (Wildman–Crippen MR) is 85.8 cm³/mol. The highest BCUT2D eigenvalue weighted by atomic mass is 79.9. The van der Waals surface area contributed by atoms with Crippen LogP contribution in [0.4, 0.5) is 5.69 Å². The summed E-state index contributed by atoms with van der Waals surface area (Å²) < 4.78 is 0.697. The van der Waals surface area contributed by atoms with Crippen LogP contribution in [0.5, 0.6) is 0 Å². The molecule has 0 atom stereocenters. The molecule has 5 heteroatoms. The fourth-order valence-electron chi connectivity index (χ4n) is 2.47. The number of nitrogen functional groups attached to an aromatic ring is 1. The standard InChI is InChI=1S/C15H22BrN3O/c1-15(2,3)19-9-7-18(8-10-19)14(20)11-5-4-6-12(17)13(11)16/h4-6H,7-10,17H2,1-3H3. The van der Waals surface area contributed by atoms with E-state index in [1.165, 1.54) is 0 Å². The van der Waals surface area contributed by atoms with Crippen LogP contribution < -0.4 is 5.73 Å². The summed E-state index contributed by atoms with van der Waals surface area (Å²) in [6.45, 7) is 9.97. The van der Waals surface area contributed by atoms with Gasteiger partial charge in [0.25, 0.3) is 5.91 Å². The molecule has 1 aliphatic rings. The van der Waals surface area contributed by atoms with Crippen molar-refractivity contribution in [2.75, 3.05) is 31.9 Å². The van der Waals surface area contributed by atoms with Crippen LogP contribution >= 0.6 is 15.9 Å². The first-order chi connectivity index (χ1) is 9.30. The van der Waals surface area contributed by atoms with Gasteiger partial charge < -0.3 is 10.6 Å². The number of piperazine rings is 1. The van der Waals surface area contributed by atoms with Crippen molar-refractivity contribution in [3.63, 3.8) is 0 Å². The molecule has 1 saturated heterocycles. The number of halogens is 1. The van der Waals surface area contributed by atoms with Gasteiger partial charge in [-0.3, -0.25) is 9.69 Å². The lowest BCUT2D eigenvalue weighted by atomic mass is 10.0. The maximum Gasteiger partial charge on any atom is 0.255 e. The van der Waals surface area contributed by atoms with E-state index in [0.717, 1.165) is 26.2 Å². The van der Waals surface area contributed by atoms with Crippen LogP contribution in [0, 0.1) is 0 Å². The Balaban J connectivity index is 2.07. The van der Waals surface area contributed by atoms with Gasteiger partial charge in [-0.05, 0) is 48.8 Å². The number of benzene rings is 1. The number of nitrogens with two attached hydrogens (primary N) is 1. The Labute approximate surface area is 129 Å². The second-order valence-electron chi connectivity index (χ2n) is 6.16. The average Bonchev–Trinajstić information content (AvgIpc) is 2.40. The number of anilines is 1. The van der Waals surface area contributed by atoms with E-state index in [-0.39, 0.29) is 11.4 Å². The van der Waals surface area contributed by atoms with Gasteiger partial charge in [0.1, 0.15) is 0 Å². The van der Waals surface area contributed by atoms with E-state index in [1.807, 2.05) is 17.0 Å². The maximum absolute atomic E-state index is 12.6. The predicted octanol–water partition coefficient (Wildman–Crippen LogP) is 2.59. The molecule has 2 N–H and O–H groups in total. The summed E-state index contributed by atoms with van der Waals surface area (Å²) >= 11 is 3.41. The van der Waals surface area contributed by atoms with Gasteiger partial charge >= 0.3 is 0 Å². The summed E-state index contributed by atoms with van der Waals surface area (Å²) in [7, 11) is 0. The molecule has 1 aromatic carbocycles. The van der Waals surface area contributed by atoms with Crippen LogP contribution in [0.25, 0.3) is 0 Å². The Morgan fingerprint density at radius 2 is 1.80 bits per heavy atom. The minimum atomic E-state index is 0.0535. The lowest BCUT2D eigenvalue weighted by Crippen LogP contribution is -2.54. The molecule has 2 rings (SSSR count). The van der Waals surface area contributed by atoms with Crippen molar-refractivity contribution in [2.45, 2.75) is 26.3 Å². The minimum absolute atomic E-state index is 0.0535. The molecule has 0 aromatic heterocycles. The normalized spacial score (nSPS) is 17.3. The van der Waals surface area contributed by atoms with Gasteiger partial charge in [-0.1, -0.05) is 6.07 Å². The summed E-state index contributed by atoms with van der Waals surface area (Å²) in [5.74, 6) is 0.0535. The Morgan fingerprint density at radius 3 is 2.35 bits per heavy atom. The molecule has 1 aliphatic heterocycles. The molecule has 0 radical (unpaired) electrons. The van der Waals surface area contributed by atoms with Gasteiger partial charge in [-0.2, -0.15) is 0 Å². The lowest BCUT2D eigenvalue weighted by molar-refractivity contribution is 0.0450. The largest absolute Gasteiger partial charge is 0.398 e. The Hall–Kier alpha value is -1.07. The quantitative estimate of drug-likeness (QED) is 0.800. The lowest BCUT2D eigenvalue weighted by Gasteiger charge is -2.42. The van der Waals surface area contributed by atoms with E-state index >= 15 is 0 Å². The minimum Gasteiger partial charge on any atom is -0.398 e. The van der Waals surface area contributed by atoms with E-state index in [4.69, 9.17) is 5.73 Å². The van der Waals surface area contributed by atoms with Crippen LogP contribution in [0.1, 0.15) is 31.1 Å². The van der Waals surface area contributed by atoms with Crippen molar-refractivity contribution >= 4 is 27.5 Å². The van der Waals surface area contributed by atoms with Crippen molar-refractivity contribution in [1.82, 2.24) is 9.80 Å². The van der Waals surface area contributed by atoms with E-state index in [9.17, 15) is 4.79 Å². The summed E-state index contributed by atoms with van der Waals surface area (Å²) in [6.07, 6.45) is 0. The number of carbonyl (C=O) groups excluding carboxylic acids is 1. The maximum atomic E-state index is 12.6. The smallest absolute Gasteiger partial charge is 0.255 e. The summed E-state index contributed by atoms with van der Waals surface area (Å²) in [5, 5.41) is 0. The van der Waals surface area contributed by atoms with Gasteiger partial charge in [0.2, 0.25) is 0 Å². The number of rotatable bonds is 1. The zero-order chi connectivity index (χ0) is 14.9. The van der Waals surface area contributed by atoms with Crippen molar-refractivity contribution in [2.24, 2.45) is 0 Å². The third kappa shape index (κ3) is 3.15. The third-order valence-corrected chi connectivity index (χ3v) is 4.66. The molecule has 1 aromatic rings. The molecule has 20 heavy (non-hydrogen) atoms. The van der Waals surface area contributed by atoms with Gasteiger partial charge in [-0.15, -0.1) is 0 Å². The van der Waals surface area contributed by atoms with Crippen LogP contribution in [-0.2, 0) is 0 Å². The zero-order valence-corrected chi connectivity index (χ0v) is 13.9. The first-order valence-electron chi connectivity index (χ1n) is 6.89. The molecular formula is C15H22BrN3O. The van der Waals surface area contributed by atoms with Crippen molar-refractivity contribution in [3.05, 3.63) is 28.2 Å². The Bertz CT molecular complexity index is 502. The topological polar surface area (TPSA) is 49.6 Å². The highest BCUT2D eigenvalue weighted by Gasteiger charge is 2.28. The SMILES string of the molecule is CC(C)(C)N1CCN(C(=O)c2cccc(N)c2Br)CC1. The number of amides is 1. The van der Waals surface area contributed by atoms with Crippen LogP contribution in [0.2, 0.25) is 0 Å². The molecule has 0 spiro atoms. The molecule has 0 aliphatic carbocycles. The number of hydrogen-bond acceptors (Lipinski definition) is 3. The molecule has 4 nitrogen and oxygen atoms in total. The second kappa shape index (κ2) is 5.74. The fourth-order valence-corrected chi connectivity index (χ4v) is 2.90. The van der Waals surface area contributed by atoms with Crippen molar-refractivity contribution in [3.8, 4) is 0 Å². The molecule has 0 unspecified atom stereocenters. The molecule has 110 valence electrons. The summed E-state index contributed by atoms with van der Waals surface area (Å²) in [6, 6.07) is 5.43. The monoisotopic (exact) mass is 339 g/mol. The summed E-state index contributed by atoms with van der Waals surface area (Å²) in [5.41, 5.74) is 7.25. The molecule has 1 heterocycles. The van der Waals surface area contributed by atoms with E-state index in [1.54, 1.807) is 6.07 Å². The molecule has 1 amide bonds. The average molecular weight is 340 g/mol. The van der Waals surface area contributed by atoms with Crippen LogP contribution in [-0.4, -0.2) is 47.4 Å². The molecule has 0 saturated carbocycles. The van der Waals surface area contributed by atoms with Gasteiger partial charge in [0, 0.05) is 37.4 Å². The van der Waals surface area contributed by atoms with Gasteiger partial charge in [-0.25, -0.2) is 0 Å². The molecule has 0 bridgehead atoms. The number of carbonyl (C=O) groups is 1. The van der Waals surface area contributed by atoms with E-state index in [2.05, 4.69) is 41.6 Å². The Morgan fingerprint density at radius 1 is 1.20 bits per heavy atom. The van der Waals surface area contributed by atoms with E-state index in [0.29, 0.717) is 15.7 Å². The van der Waals surface area contributed by atoms with Gasteiger partial charge in [0.05, 0.1) is 10.0 Å². The van der Waals surface area contributed by atoms with Crippen molar-refractivity contribution in [1.29, 1.82) is 0 Å². The third-order valence-electron chi connectivity index (χ3n) is 3.77. The zero-order valence-electron chi connectivity index (χ0n) is 12.3. The first-order valence-corrected chi connectivity index (χ1v) is 7.68. The molecule has 1 fully saturated rings. The highest BCUT2D eigenvalue weighted by Crippen LogP contribution is 2.25. The van der Waals surface area contributed by atoms with Gasteiger partial charge in [0.15, 0.2) is 0 Å². The number of hydrogen-bond donors (Lipinski definition) is 1. The second-order valence-corrected chi connectivity index (χ2v) is 6.95. The summed E-state index contributed by atoms with van der Waals surface area (Å²) in [4.78, 5) is 16.9. The van der Waals surface area contributed by atoms with E-state index < -0.39 is 0 Å². The van der Waals surface area contributed by atoms with Crippen LogP contribution in [0.15, 0.2) is 22.7 Å². The van der Waals surface area contributed by atoms with Crippen molar-refractivity contribution < 1.29 is 4.79 Å².